The smallest absolute Gasteiger partial charge is 0.242 e. The Kier molecular flexibility index (Phi) is 21.6. The van der Waals surface area contributed by atoms with E-state index in [-0.39, 0.29) is 37.2 Å². The Bertz CT molecular complexity index is 1670. The summed E-state index contributed by atoms with van der Waals surface area (Å²) in [7, 11) is 0. The number of amides is 2. The predicted molar refractivity (Wildman–Crippen MR) is 240 cm³/mol. The molecule has 1 N–H and O–H groups in total. The van der Waals surface area contributed by atoms with Crippen LogP contribution in [-0.2, 0) is 35.3 Å². The molecule has 0 spiro atoms. The molecule has 304 valence electrons. The minimum absolute atomic E-state index is 0. The van der Waals surface area contributed by atoms with Crippen LogP contribution in [-0.4, -0.2) is 67.4 Å². The molecule has 0 saturated heterocycles. The van der Waals surface area contributed by atoms with Crippen molar-refractivity contribution in [2.45, 2.75) is 111 Å². The number of hydrogen-bond donors (Lipinski definition) is 1. The van der Waals surface area contributed by atoms with Crippen molar-refractivity contribution in [3.8, 4) is 0 Å². The lowest BCUT2D eigenvalue weighted by Crippen LogP contribution is -2.48. The van der Waals surface area contributed by atoms with E-state index in [0.717, 1.165) is 75.8 Å². The molecule has 0 bridgehead atoms. The highest BCUT2D eigenvalue weighted by Crippen LogP contribution is 2.30. The van der Waals surface area contributed by atoms with Gasteiger partial charge in [-0.2, -0.15) is 0 Å². The Balaban J connectivity index is 0.000000258. The molecule has 2 aliphatic rings. The summed E-state index contributed by atoms with van der Waals surface area (Å²) in [5.41, 5.74) is 7.54. The zero-order chi connectivity index (χ0) is 39.3. The number of anilines is 2. The SMILES string of the molecule is C.CCCN(CCC)CC(=O)N(c1ccccc1)C1CCc2ccccc2C1.CCCNCCC.O=C(CCl)N(c1ccccc1)C1CCc2ccccc2C1. The molecule has 2 atom stereocenters. The molecule has 0 fully saturated rings. The summed E-state index contributed by atoms with van der Waals surface area (Å²) in [5.74, 6) is 0.229. The highest BCUT2D eigenvalue weighted by Gasteiger charge is 2.30. The van der Waals surface area contributed by atoms with Crippen molar-refractivity contribution in [2.75, 3.05) is 48.4 Å². The van der Waals surface area contributed by atoms with Crippen molar-refractivity contribution in [2.24, 2.45) is 0 Å². The lowest BCUT2D eigenvalue weighted by Gasteiger charge is -2.36. The fraction of sp³-hybridized carbons (Fsp3) is 0.469. The second-order valence-electron chi connectivity index (χ2n) is 14.7. The van der Waals surface area contributed by atoms with Gasteiger partial charge in [0.2, 0.25) is 11.8 Å². The van der Waals surface area contributed by atoms with E-state index in [1.165, 1.54) is 48.2 Å². The van der Waals surface area contributed by atoms with Crippen LogP contribution in [0.1, 0.15) is 95.9 Å². The number of halogens is 1. The van der Waals surface area contributed by atoms with Crippen LogP contribution in [0.3, 0.4) is 0 Å². The first-order chi connectivity index (χ1) is 26.9. The quantitative estimate of drug-likeness (QED) is 0.0964. The summed E-state index contributed by atoms with van der Waals surface area (Å²) in [5, 5.41) is 3.28. The molecule has 0 heterocycles. The molecule has 6 rings (SSSR count). The normalized spacial score (nSPS) is 15.4. The van der Waals surface area contributed by atoms with E-state index in [2.05, 4.69) is 103 Å². The summed E-state index contributed by atoms with van der Waals surface area (Å²) >= 11 is 5.82. The molecule has 0 aliphatic heterocycles. The van der Waals surface area contributed by atoms with Gasteiger partial charge in [-0.25, -0.2) is 0 Å². The maximum absolute atomic E-state index is 13.4. The molecule has 0 aromatic heterocycles. The van der Waals surface area contributed by atoms with Crippen molar-refractivity contribution >= 4 is 34.8 Å². The average Bonchev–Trinajstić information content (AvgIpc) is 3.22. The molecule has 56 heavy (non-hydrogen) atoms. The monoisotopic (exact) mass is 781 g/mol. The molecule has 4 aromatic rings. The Morgan fingerprint density at radius 1 is 0.571 bits per heavy atom. The first-order valence-electron chi connectivity index (χ1n) is 20.8. The Labute approximate surface area is 344 Å². The number of fused-ring (bicyclic) bond motifs is 2. The van der Waals surface area contributed by atoms with Crippen molar-refractivity contribution in [1.82, 2.24) is 10.2 Å². The van der Waals surface area contributed by atoms with Gasteiger partial charge in [0.15, 0.2) is 0 Å². The lowest BCUT2D eigenvalue weighted by atomic mass is 9.87. The first-order valence-corrected chi connectivity index (χ1v) is 21.3. The number of aryl methyl sites for hydroxylation is 2. The van der Waals surface area contributed by atoms with Gasteiger partial charge in [0, 0.05) is 23.5 Å². The summed E-state index contributed by atoms with van der Waals surface area (Å²) < 4.78 is 0. The molecule has 2 amide bonds. The van der Waals surface area contributed by atoms with Gasteiger partial charge in [-0.15, -0.1) is 11.6 Å². The largest absolute Gasteiger partial charge is 0.317 e. The second-order valence-corrected chi connectivity index (χ2v) is 15.0. The van der Waals surface area contributed by atoms with E-state index < -0.39 is 0 Å². The molecule has 7 heteroatoms. The molecular weight excluding hydrogens is 712 g/mol. The lowest BCUT2D eigenvalue weighted by molar-refractivity contribution is -0.120. The number of benzene rings is 4. The van der Waals surface area contributed by atoms with Gasteiger partial charge in [0.05, 0.1) is 6.54 Å². The zero-order valence-electron chi connectivity index (χ0n) is 33.9. The Hall–Kier alpha value is -3.97. The average molecular weight is 782 g/mol. The van der Waals surface area contributed by atoms with Crippen molar-refractivity contribution in [3.05, 3.63) is 131 Å². The zero-order valence-corrected chi connectivity index (χ0v) is 34.7. The second kappa shape index (κ2) is 26.0. The minimum Gasteiger partial charge on any atom is -0.317 e. The number of nitrogens with zero attached hydrogens (tertiary/aromatic N) is 3. The van der Waals surface area contributed by atoms with E-state index in [0.29, 0.717) is 6.54 Å². The van der Waals surface area contributed by atoms with Crippen LogP contribution < -0.4 is 15.1 Å². The third-order valence-corrected chi connectivity index (χ3v) is 10.6. The number of hydrogen-bond acceptors (Lipinski definition) is 4. The number of carbonyl (C=O) groups is 2. The Morgan fingerprint density at radius 3 is 1.36 bits per heavy atom. The molecule has 2 aliphatic carbocycles. The van der Waals surface area contributed by atoms with Gasteiger partial charge < -0.3 is 15.1 Å². The van der Waals surface area contributed by atoms with E-state index in [9.17, 15) is 9.59 Å². The Morgan fingerprint density at radius 2 is 0.964 bits per heavy atom. The fourth-order valence-electron chi connectivity index (χ4n) is 7.80. The van der Waals surface area contributed by atoms with Gasteiger partial charge in [-0.3, -0.25) is 14.5 Å². The van der Waals surface area contributed by atoms with Crippen LogP contribution in [0.15, 0.2) is 109 Å². The minimum atomic E-state index is -0.0211. The number of carbonyl (C=O) groups excluding carboxylic acids is 2. The first kappa shape index (κ1) is 46.4. The summed E-state index contributed by atoms with van der Waals surface area (Å²) in [6.07, 6.45) is 10.6. The van der Waals surface area contributed by atoms with E-state index >= 15 is 0 Å². The maximum atomic E-state index is 13.4. The highest BCUT2D eigenvalue weighted by atomic mass is 35.5. The van der Waals surface area contributed by atoms with Crippen LogP contribution in [0.5, 0.6) is 0 Å². The topological polar surface area (TPSA) is 55.9 Å². The molecular formula is C49H69ClN4O2. The van der Waals surface area contributed by atoms with Crippen molar-refractivity contribution in [3.63, 3.8) is 0 Å². The molecule has 2 unspecified atom stereocenters. The van der Waals surface area contributed by atoms with Crippen LogP contribution in [0.4, 0.5) is 11.4 Å². The van der Waals surface area contributed by atoms with Gasteiger partial charge in [0.1, 0.15) is 5.88 Å². The number of para-hydroxylation sites is 2. The molecule has 0 radical (unpaired) electrons. The van der Waals surface area contributed by atoms with Crippen molar-refractivity contribution in [1.29, 1.82) is 0 Å². The van der Waals surface area contributed by atoms with E-state index in [1.54, 1.807) is 0 Å². The molecule has 0 saturated carbocycles. The van der Waals surface area contributed by atoms with Crippen molar-refractivity contribution < 1.29 is 9.59 Å². The molecule has 4 aromatic carbocycles. The van der Waals surface area contributed by atoms with Crippen LogP contribution >= 0.6 is 11.6 Å². The van der Waals surface area contributed by atoms with Crippen LogP contribution in [0.2, 0.25) is 0 Å². The number of nitrogens with one attached hydrogen (secondary N) is 1. The third kappa shape index (κ3) is 14.2. The summed E-state index contributed by atoms with van der Waals surface area (Å²) in [6.45, 7) is 13.5. The standard InChI is InChI=1S/C24H32N2O.C18H18ClNO.C6H15N.CH4/c1-3-16-25(17-4-2)19-24(27)26(22-12-6-5-7-13-22)23-15-14-20-10-8-9-11-21(20)18-23;19-13-18(21)20(16-8-2-1-3-9-16)17-11-10-14-6-4-5-7-15(14)12-17;1-3-5-7-6-4-2;/h5-13,23H,3-4,14-19H2,1-2H3;1-9,17H,10-13H2;7H,3-6H2,1-2H3;1H4. The predicted octanol–water partition coefficient (Wildman–Crippen LogP) is 10.5. The van der Waals surface area contributed by atoms with Crippen LogP contribution in [0, 0.1) is 0 Å². The van der Waals surface area contributed by atoms with E-state index in [1.807, 2.05) is 53.4 Å². The van der Waals surface area contributed by atoms with Crippen LogP contribution in [0.25, 0.3) is 0 Å². The number of rotatable bonds is 15. The van der Waals surface area contributed by atoms with Gasteiger partial charge in [0.25, 0.3) is 0 Å². The summed E-state index contributed by atoms with van der Waals surface area (Å²) in [4.78, 5) is 32.0. The summed E-state index contributed by atoms with van der Waals surface area (Å²) in [6, 6.07) is 37.6. The van der Waals surface area contributed by atoms with Gasteiger partial charge in [-0.1, -0.05) is 120 Å². The number of alkyl halides is 1. The fourth-order valence-corrected chi connectivity index (χ4v) is 7.93. The van der Waals surface area contributed by atoms with E-state index in [4.69, 9.17) is 11.6 Å². The maximum Gasteiger partial charge on any atom is 0.242 e. The van der Waals surface area contributed by atoms with Gasteiger partial charge >= 0.3 is 0 Å². The highest BCUT2D eigenvalue weighted by molar-refractivity contribution is 6.29. The molecule has 6 nitrogen and oxygen atoms in total. The third-order valence-electron chi connectivity index (χ3n) is 10.4. The van der Waals surface area contributed by atoms with Gasteiger partial charge in [-0.05, 0) is 137 Å².